The number of para-hydroxylation sites is 1. The van der Waals surface area contributed by atoms with Crippen LogP contribution in [0.5, 0.6) is 0 Å². The summed E-state index contributed by atoms with van der Waals surface area (Å²) in [6.07, 6.45) is 2.68. The van der Waals surface area contributed by atoms with Gasteiger partial charge in [0.15, 0.2) is 9.84 Å². The molecule has 0 radical (unpaired) electrons. The highest BCUT2D eigenvalue weighted by molar-refractivity contribution is 7.91. The van der Waals surface area contributed by atoms with Gasteiger partial charge in [-0.3, -0.25) is 0 Å². The van der Waals surface area contributed by atoms with Crippen LogP contribution in [0.25, 0.3) is 0 Å². The van der Waals surface area contributed by atoms with Gasteiger partial charge >= 0.3 is 0 Å². The molecule has 0 saturated carbocycles. The average molecular weight is 330 g/mol. The van der Waals surface area contributed by atoms with E-state index in [1.807, 2.05) is 26.0 Å². The van der Waals surface area contributed by atoms with E-state index in [4.69, 9.17) is 11.6 Å². The SMILES string of the molecule is CCCS(=O)(=O)c1ccccc1N1CCC(C(C)Cl)CC1. The number of alkyl halides is 1. The maximum atomic E-state index is 12.4. The molecule has 0 aromatic heterocycles. The molecule has 0 bridgehead atoms. The first-order valence-electron chi connectivity index (χ1n) is 7.66. The van der Waals surface area contributed by atoms with Gasteiger partial charge in [-0.1, -0.05) is 19.1 Å². The van der Waals surface area contributed by atoms with Crippen LogP contribution < -0.4 is 4.90 Å². The quantitative estimate of drug-likeness (QED) is 0.773. The normalized spacial score (nSPS) is 18.7. The van der Waals surface area contributed by atoms with E-state index in [2.05, 4.69) is 4.90 Å². The van der Waals surface area contributed by atoms with Crippen LogP contribution in [0.3, 0.4) is 0 Å². The Kier molecular flexibility index (Phi) is 5.55. The summed E-state index contributed by atoms with van der Waals surface area (Å²) < 4.78 is 24.8. The van der Waals surface area contributed by atoms with E-state index in [0.29, 0.717) is 17.2 Å². The molecule has 2 rings (SSSR count). The smallest absolute Gasteiger partial charge is 0.180 e. The van der Waals surface area contributed by atoms with E-state index in [1.54, 1.807) is 12.1 Å². The number of sulfone groups is 1. The van der Waals surface area contributed by atoms with E-state index >= 15 is 0 Å². The van der Waals surface area contributed by atoms with E-state index in [0.717, 1.165) is 31.6 Å². The van der Waals surface area contributed by atoms with Crippen molar-refractivity contribution in [2.24, 2.45) is 5.92 Å². The van der Waals surface area contributed by atoms with Gasteiger partial charge in [-0.25, -0.2) is 8.42 Å². The fourth-order valence-corrected chi connectivity index (χ4v) is 4.77. The fourth-order valence-electron chi connectivity index (χ4n) is 2.96. The first-order chi connectivity index (χ1) is 9.95. The number of benzene rings is 1. The Morgan fingerprint density at radius 3 is 2.48 bits per heavy atom. The lowest BCUT2D eigenvalue weighted by Gasteiger charge is -2.35. The molecule has 3 nitrogen and oxygen atoms in total. The van der Waals surface area contributed by atoms with Crippen molar-refractivity contribution in [2.75, 3.05) is 23.7 Å². The van der Waals surface area contributed by atoms with Crippen molar-refractivity contribution in [2.45, 2.75) is 43.4 Å². The monoisotopic (exact) mass is 329 g/mol. The van der Waals surface area contributed by atoms with E-state index < -0.39 is 9.84 Å². The lowest BCUT2D eigenvalue weighted by Crippen LogP contribution is -2.36. The number of rotatable bonds is 5. The molecular formula is C16H24ClNO2S. The molecule has 0 N–H and O–H groups in total. The number of piperidine rings is 1. The number of hydrogen-bond donors (Lipinski definition) is 0. The Labute approximate surface area is 133 Å². The lowest BCUT2D eigenvalue weighted by atomic mass is 9.94. The minimum absolute atomic E-state index is 0.186. The summed E-state index contributed by atoms with van der Waals surface area (Å²) in [6, 6.07) is 7.37. The second-order valence-corrected chi connectivity index (χ2v) is 8.55. The molecule has 0 amide bonds. The first-order valence-corrected chi connectivity index (χ1v) is 9.75. The molecule has 1 unspecified atom stereocenters. The van der Waals surface area contributed by atoms with Gasteiger partial charge < -0.3 is 4.90 Å². The first kappa shape index (κ1) is 16.6. The van der Waals surface area contributed by atoms with Crippen LogP contribution in [-0.4, -0.2) is 32.6 Å². The Bertz CT molecular complexity index is 563. The van der Waals surface area contributed by atoms with Crippen LogP contribution in [0.2, 0.25) is 0 Å². The maximum absolute atomic E-state index is 12.4. The predicted octanol–water partition coefficient (Wildman–Crippen LogP) is 3.71. The average Bonchev–Trinajstić information content (AvgIpc) is 2.47. The van der Waals surface area contributed by atoms with Crippen LogP contribution in [0.15, 0.2) is 29.2 Å². The summed E-state index contributed by atoms with van der Waals surface area (Å²) in [6.45, 7) is 5.69. The molecule has 1 aliphatic rings. The number of halogens is 1. The molecule has 5 heteroatoms. The summed E-state index contributed by atoms with van der Waals surface area (Å²) in [5.41, 5.74) is 0.853. The highest BCUT2D eigenvalue weighted by atomic mass is 35.5. The van der Waals surface area contributed by atoms with E-state index in [9.17, 15) is 8.42 Å². The molecule has 21 heavy (non-hydrogen) atoms. The van der Waals surface area contributed by atoms with Crippen LogP contribution in [-0.2, 0) is 9.84 Å². The van der Waals surface area contributed by atoms with E-state index in [1.165, 1.54) is 0 Å². The molecular weight excluding hydrogens is 306 g/mol. The summed E-state index contributed by atoms with van der Waals surface area (Å²) in [7, 11) is -3.19. The van der Waals surface area contributed by atoms with Crippen molar-refractivity contribution >= 4 is 27.1 Å². The zero-order valence-corrected chi connectivity index (χ0v) is 14.3. The van der Waals surface area contributed by atoms with Gasteiger partial charge in [-0.05, 0) is 44.2 Å². The minimum atomic E-state index is -3.19. The van der Waals surface area contributed by atoms with Gasteiger partial charge in [-0.15, -0.1) is 11.6 Å². The van der Waals surface area contributed by atoms with Crippen molar-refractivity contribution in [3.63, 3.8) is 0 Å². The molecule has 1 aromatic rings. The molecule has 1 fully saturated rings. The van der Waals surface area contributed by atoms with Gasteiger partial charge in [0.1, 0.15) is 0 Å². The lowest BCUT2D eigenvalue weighted by molar-refractivity contribution is 0.399. The molecule has 1 atom stereocenters. The van der Waals surface area contributed by atoms with Gasteiger partial charge in [0.25, 0.3) is 0 Å². The van der Waals surface area contributed by atoms with Crippen molar-refractivity contribution in [3.05, 3.63) is 24.3 Å². The van der Waals surface area contributed by atoms with Gasteiger partial charge in [0, 0.05) is 18.5 Å². The predicted molar refractivity (Wildman–Crippen MR) is 89.0 cm³/mol. The zero-order valence-electron chi connectivity index (χ0n) is 12.8. The van der Waals surface area contributed by atoms with Gasteiger partial charge in [-0.2, -0.15) is 0 Å². The molecule has 1 saturated heterocycles. The largest absolute Gasteiger partial charge is 0.370 e. The molecule has 1 aromatic carbocycles. The Morgan fingerprint density at radius 1 is 1.29 bits per heavy atom. The molecule has 0 aliphatic carbocycles. The van der Waals surface area contributed by atoms with Crippen molar-refractivity contribution in [3.8, 4) is 0 Å². The summed E-state index contributed by atoms with van der Waals surface area (Å²) in [5, 5.41) is 0.186. The second kappa shape index (κ2) is 7.01. The van der Waals surface area contributed by atoms with Gasteiger partial charge in [0.2, 0.25) is 0 Å². The zero-order chi connectivity index (χ0) is 15.5. The van der Waals surface area contributed by atoms with Crippen molar-refractivity contribution in [1.29, 1.82) is 0 Å². The second-order valence-electron chi connectivity index (χ2n) is 5.79. The minimum Gasteiger partial charge on any atom is -0.370 e. The van der Waals surface area contributed by atoms with E-state index in [-0.39, 0.29) is 11.1 Å². The summed E-state index contributed by atoms with van der Waals surface area (Å²) in [4.78, 5) is 2.67. The Balaban J connectivity index is 2.22. The topological polar surface area (TPSA) is 37.4 Å². The molecule has 1 heterocycles. The number of nitrogens with zero attached hydrogens (tertiary/aromatic N) is 1. The molecule has 118 valence electrons. The van der Waals surface area contributed by atoms with Crippen LogP contribution in [0, 0.1) is 5.92 Å². The number of anilines is 1. The van der Waals surface area contributed by atoms with Crippen molar-refractivity contribution < 1.29 is 8.42 Å². The third-order valence-corrected chi connectivity index (χ3v) is 6.52. The third kappa shape index (κ3) is 3.92. The van der Waals surface area contributed by atoms with Crippen LogP contribution in [0.1, 0.15) is 33.1 Å². The van der Waals surface area contributed by atoms with Gasteiger partial charge in [0.05, 0.1) is 16.3 Å². The third-order valence-electron chi connectivity index (χ3n) is 4.20. The fraction of sp³-hybridized carbons (Fsp3) is 0.625. The highest BCUT2D eigenvalue weighted by Crippen LogP contribution is 2.31. The van der Waals surface area contributed by atoms with Crippen LogP contribution >= 0.6 is 11.6 Å². The maximum Gasteiger partial charge on any atom is 0.180 e. The van der Waals surface area contributed by atoms with Crippen LogP contribution in [0.4, 0.5) is 5.69 Å². The standard InChI is InChI=1S/C16H24ClNO2S/c1-3-12-21(19,20)16-7-5-4-6-15(16)18-10-8-14(9-11-18)13(2)17/h4-7,13-14H,3,8-12H2,1-2H3. The molecule has 0 spiro atoms. The number of hydrogen-bond acceptors (Lipinski definition) is 3. The Hall–Kier alpha value is -0.740. The highest BCUT2D eigenvalue weighted by Gasteiger charge is 2.26. The van der Waals surface area contributed by atoms with Crippen molar-refractivity contribution in [1.82, 2.24) is 0 Å². The summed E-state index contributed by atoms with van der Waals surface area (Å²) >= 11 is 6.18. The Morgan fingerprint density at radius 2 is 1.90 bits per heavy atom. The summed E-state index contributed by atoms with van der Waals surface area (Å²) in [5.74, 6) is 0.737. The molecule has 1 aliphatic heterocycles.